The summed E-state index contributed by atoms with van der Waals surface area (Å²) in [4.78, 5) is 22.4. The summed E-state index contributed by atoms with van der Waals surface area (Å²) < 4.78 is 0. The third-order valence-corrected chi connectivity index (χ3v) is 2.31. The molecule has 1 heterocycles. The molecule has 0 saturated carbocycles. The highest BCUT2D eigenvalue weighted by Gasteiger charge is 2.26. The standard InChI is InChI=1S/C8H13N5O3/c1-3-4(2)5(8(15)16)9-7(14)6-10-12-13-11-6/h4-5H,3H2,1-2H3,(H,9,14)(H,15,16)(H,10,11,12,13). The molecule has 0 aliphatic rings. The van der Waals surface area contributed by atoms with Gasteiger partial charge in [0.25, 0.3) is 11.7 Å². The van der Waals surface area contributed by atoms with Crippen molar-refractivity contribution in [2.75, 3.05) is 0 Å². The summed E-state index contributed by atoms with van der Waals surface area (Å²) in [5, 5.41) is 23.5. The first-order chi connectivity index (χ1) is 7.56. The van der Waals surface area contributed by atoms with Gasteiger partial charge in [0.1, 0.15) is 6.04 Å². The number of carbonyl (C=O) groups excluding carboxylic acids is 1. The lowest BCUT2D eigenvalue weighted by molar-refractivity contribution is -0.140. The summed E-state index contributed by atoms with van der Waals surface area (Å²) >= 11 is 0. The van der Waals surface area contributed by atoms with Crippen LogP contribution in [-0.2, 0) is 4.79 Å². The van der Waals surface area contributed by atoms with Crippen molar-refractivity contribution in [1.82, 2.24) is 25.9 Å². The average molecular weight is 227 g/mol. The van der Waals surface area contributed by atoms with Crippen molar-refractivity contribution in [3.63, 3.8) is 0 Å². The van der Waals surface area contributed by atoms with Crippen LogP contribution in [-0.4, -0.2) is 43.6 Å². The van der Waals surface area contributed by atoms with Crippen LogP contribution in [0.5, 0.6) is 0 Å². The van der Waals surface area contributed by atoms with E-state index in [1.54, 1.807) is 6.92 Å². The smallest absolute Gasteiger partial charge is 0.326 e. The van der Waals surface area contributed by atoms with Crippen molar-refractivity contribution in [1.29, 1.82) is 0 Å². The molecule has 8 nitrogen and oxygen atoms in total. The van der Waals surface area contributed by atoms with E-state index in [1.807, 2.05) is 6.92 Å². The van der Waals surface area contributed by atoms with E-state index in [0.717, 1.165) is 0 Å². The van der Waals surface area contributed by atoms with Gasteiger partial charge in [0.15, 0.2) is 0 Å². The van der Waals surface area contributed by atoms with Crippen molar-refractivity contribution >= 4 is 11.9 Å². The molecule has 0 bridgehead atoms. The molecular weight excluding hydrogens is 214 g/mol. The molecule has 0 aliphatic carbocycles. The fraction of sp³-hybridized carbons (Fsp3) is 0.625. The number of nitrogens with zero attached hydrogens (tertiary/aromatic N) is 3. The summed E-state index contributed by atoms with van der Waals surface area (Å²) in [5.41, 5.74) is 0. The van der Waals surface area contributed by atoms with Crippen LogP contribution in [0.1, 0.15) is 30.9 Å². The molecule has 8 heteroatoms. The highest BCUT2D eigenvalue weighted by atomic mass is 16.4. The number of rotatable bonds is 5. The lowest BCUT2D eigenvalue weighted by Crippen LogP contribution is -2.45. The van der Waals surface area contributed by atoms with Gasteiger partial charge in [-0.1, -0.05) is 20.3 Å². The summed E-state index contributed by atoms with van der Waals surface area (Å²) in [6.07, 6.45) is 0.642. The Morgan fingerprint density at radius 2 is 2.25 bits per heavy atom. The molecule has 88 valence electrons. The molecule has 0 aromatic carbocycles. The lowest BCUT2D eigenvalue weighted by atomic mass is 9.99. The first kappa shape index (κ1) is 12.1. The van der Waals surface area contributed by atoms with Gasteiger partial charge in [-0.3, -0.25) is 4.79 Å². The molecule has 2 unspecified atom stereocenters. The number of aromatic nitrogens is 4. The minimum atomic E-state index is -1.08. The average Bonchev–Trinajstić information content (AvgIpc) is 2.77. The first-order valence-electron chi connectivity index (χ1n) is 4.83. The van der Waals surface area contributed by atoms with Gasteiger partial charge in [0.2, 0.25) is 0 Å². The molecule has 1 aromatic heterocycles. The lowest BCUT2D eigenvalue weighted by Gasteiger charge is -2.18. The monoisotopic (exact) mass is 227 g/mol. The summed E-state index contributed by atoms with van der Waals surface area (Å²) in [7, 11) is 0. The van der Waals surface area contributed by atoms with Gasteiger partial charge in [-0.05, 0) is 11.1 Å². The van der Waals surface area contributed by atoms with Gasteiger partial charge in [-0.25, -0.2) is 4.79 Å². The molecule has 0 fully saturated rings. The maximum absolute atomic E-state index is 11.5. The van der Waals surface area contributed by atoms with Crippen LogP contribution in [0.25, 0.3) is 0 Å². The summed E-state index contributed by atoms with van der Waals surface area (Å²) in [6.45, 7) is 3.59. The molecule has 16 heavy (non-hydrogen) atoms. The van der Waals surface area contributed by atoms with E-state index >= 15 is 0 Å². The van der Waals surface area contributed by atoms with E-state index in [9.17, 15) is 9.59 Å². The summed E-state index contributed by atoms with van der Waals surface area (Å²) in [6, 6.07) is -0.948. The highest BCUT2D eigenvalue weighted by Crippen LogP contribution is 2.08. The van der Waals surface area contributed by atoms with Crippen molar-refractivity contribution in [2.24, 2.45) is 5.92 Å². The van der Waals surface area contributed by atoms with E-state index in [2.05, 4.69) is 25.9 Å². The quantitative estimate of drug-likeness (QED) is 0.619. The van der Waals surface area contributed by atoms with Gasteiger partial charge in [-0.15, -0.1) is 10.2 Å². The fourth-order valence-electron chi connectivity index (χ4n) is 1.15. The number of aromatic amines is 1. The third kappa shape index (κ3) is 2.75. The minimum Gasteiger partial charge on any atom is -0.480 e. The number of H-pyrrole nitrogens is 1. The second kappa shape index (κ2) is 5.19. The number of amides is 1. The van der Waals surface area contributed by atoms with Gasteiger partial charge < -0.3 is 10.4 Å². The number of nitrogens with one attached hydrogen (secondary N) is 2. The second-order valence-electron chi connectivity index (χ2n) is 3.41. The van der Waals surface area contributed by atoms with Crippen LogP contribution in [0.4, 0.5) is 0 Å². The Hall–Kier alpha value is -1.99. The highest BCUT2D eigenvalue weighted by molar-refractivity contribution is 5.93. The largest absolute Gasteiger partial charge is 0.480 e. The number of carboxylic acid groups (broad SMARTS) is 1. The summed E-state index contributed by atoms with van der Waals surface area (Å²) in [5.74, 6) is -2.07. The van der Waals surface area contributed by atoms with Crippen LogP contribution in [0.2, 0.25) is 0 Å². The van der Waals surface area contributed by atoms with E-state index < -0.39 is 17.9 Å². The van der Waals surface area contributed by atoms with E-state index in [-0.39, 0.29) is 11.7 Å². The number of carbonyl (C=O) groups is 2. The molecule has 0 saturated heterocycles. The van der Waals surface area contributed by atoms with E-state index in [4.69, 9.17) is 5.11 Å². The zero-order valence-electron chi connectivity index (χ0n) is 8.97. The molecule has 2 atom stereocenters. The molecule has 1 aromatic rings. The minimum absolute atomic E-state index is 0.172. The Balaban J connectivity index is 2.69. The molecule has 0 radical (unpaired) electrons. The van der Waals surface area contributed by atoms with Crippen molar-refractivity contribution in [2.45, 2.75) is 26.3 Å². The van der Waals surface area contributed by atoms with Gasteiger partial charge in [0, 0.05) is 0 Å². The molecule has 3 N–H and O–H groups in total. The third-order valence-electron chi connectivity index (χ3n) is 2.31. The first-order valence-corrected chi connectivity index (χ1v) is 4.83. The number of tetrazole rings is 1. The maximum atomic E-state index is 11.5. The van der Waals surface area contributed by atoms with Crippen molar-refractivity contribution < 1.29 is 14.7 Å². The fourth-order valence-corrected chi connectivity index (χ4v) is 1.15. The van der Waals surface area contributed by atoms with E-state index in [1.165, 1.54) is 0 Å². The Labute approximate surface area is 91.4 Å². The zero-order chi connectivity index (χ0) is 12.1. The molecule has 0 aliphatic heterocycles. The second-order valence-corrected chi connectivity index (χ2v) is 3.41. The van der Waals surface area contributed by atoms with Crippen LogP contribution in [0, 0.1) is 5.92 Å². The number of carboxylic acids is 1. The van der Waals surface area contributed by atoms with Crippen LogP contribution < -0.4 is 5.32 Å². The Bertz CT molecular complexity index is 364. The van der Waals surface area contributed by atoms with Crippen molar-refractivity contribution in [3.8, 4) is 0 Å². The Kier molecular flexibility index (Phi) is 3.92. The molecule has 1 amide bonds. The van der Waals surface area contributed by atoms with Gasteiger partial charge >= 0.3 is 5.97 Å². The van der Waals surface area contributed by atoms with Crippen LogP contribution in [0.15, 0.2) is 0 Å². The van der Waals surface area contributed by atoms with Gasteiger partial charge in [-0.2, -0.15) is 5.21 Å². The van der Waals surface area contributed by atoms with Crippen LogP contribution in [0.3, 0.4) is 0 Å². The molecule has 0 spiro atoms. The van der Waals surface area contributed by atoms with E-state index in [0.29, 0.717) is 6.42 Å². The molecule has 1 rings (SSSR count). The van der Waals surface area contributed by atoms with Crippen LogP contribution >= 0.6 is 0 Å². The number of hydrogen-bond acceptors (Lipinski definition) is 5. The van der Waals surface area contributed by atoms with Crippen molar-refractivity contribution in [3.05, 3.63) is 5.82 Å². The number of hydrogen-bond donors (Lipinski definition) is 3. The topological polar surface area (TPSA) is 121 Å². The Morgan fingerprint density at radius 1 is 1.56 bits per heavy atom. The SMILES string of the molecule is CCC(C)C(NC(=O)c1nn[nH]n1)C(=O)O. The number of aliphatic carboxylic acids is 1. The Morgan fingerprint density at radius 3 is 2.69 bits per heavy atom. The zero-order valence-corrected chi connectivity index (χ0v) is 8.97. The molecular formula is C8H13N5O3. The maximum Gasteiger partial charge on any atom is 0.326 e. The normalized spacial score (nSPS) is 14.1. The van der Waals surface area contributed by atoms with Gasteiger partial charge in [0.05, 0.1) is 0 Å². The predicted octanol–water partition coefficient (Wildman–Crippen LogP) is -0.571. The predicted molar refractivity (Wildman–Crippen MR) is 52.5 cm³/mol.